The zero-order valence-corrected chi connectivity index (χ0v) is 3.69. The van der Waals surface area contributed by atoms with E-state index in [0.29, 0.717) is 0 Å². The smallest absolute Gasteiger partial charge is 0.104 e. The standard InChI is InChI=1S/C3H8FNO/c1-5(6)3-2-4/h6H,2-3H2,1H3. The van der Waals surface area contributed by atoms with E-state index >= 15 is 0 Å². The van der Waals surface area contributed by atoms with E-state index in [1.165, 1.54) is 7.05 Å². The largest absolute Gasteiger partial charge is 0.314 e. The van der Waals surface area contributed by atoms with Gasteiger partial charge in [0.2, 0.25) is 0 Å². The van der Waals surface area contributed by atoms with Crippen molar-refractivity contribution in [1.29, 1.82) is 0 Å². The summed E-state index contributed by atoms with van der Waals surface area (Å²) in [5.74, 6) is 0. The maximum atomic E-state index is 11.0. The van der Waals surface area contributed by atoms with Gasteiger partial charge in [0.15, 0.2) is 0 Å². The molecule has 0 spiro atoms. The van der Waals surface area contributed by atoms with Crippen LogP contribution in [0.2, 0.25) is 0 Å². The molecule has 0 atom stereocenters. The molecule has 0 saturated heterocycles. The summed E-state index contributed by atoms with van der Waals surface area (Å²) < 4.78 is 11.0. The Morgan fingerprint density at radius 1 is 1.83 bits per heavy atom. The Hall–Kier alpha value is -0.150. The van der Waals surface area contributed by atoms with E-state index in [2.05, 4.69) is 0 Å². The van der Waals surface area contributed by atoms with Gasteiger partial charge in [0, 0.05) is 7.05 Å². The highest BCUT2D eigenvalue weighted by Crippen LogP contribution is 1.70. The number of halogens is 1. The van der Waals surface area contributed by atoms with Crippen LogP contribution in [-0.4, -0.2) is 30.5 Å². The fourth-order valence-electron chi connectivity index (χ4n) is 0.122. The molecule has 0 fully saturated rings. The normalized spacial score (nSPS) is 10.0. The summed E-state index contributed by atoms with van der Waals surface area (Å²) >= 11 is 0. The summed E-state index contributed by atoms with van der Waals surface area (Å²) in [7, 11) is 1.40. The van der Waals surface area contributed by atoms with Crippen LogP contribution in [-0.2, 0) is 0 Å². The maximum Gasteiger partial charge on any atom is 0.104 e. The molecular formula is C3H8FNO. The minimum absolute atomic E-state index is 0.0972. The van der Waals surface area contributed by atoms with Crippen LogP contribution >= 0.6 is 0 Å². The van der Waals surface area contributed by atoms with Gasteiger partial charge in [0.1, 0.15) is 6.67 Å². The van der Waals surface area contributed by atoms with Crippen molar-refractivity contribution in [3.63, 3.8) is 0 Å². The van der Waals surface area contributed by atoms with Crippen molar-refractivity contribution in [3.05, 3.63) is 0 Å². The van der Waals surface area contributed by atoms with Gasteiger partial charge in [-0.05, 0) is 0 Å². The quantitative estimate of drug-likeness (QED) is 0.495. The molecule has 0 aromatic heterocycles. The molecule has 3 heteroatoms. The molecule has 38 valence electrons. The van der Waals surface area contributed by atoms with Crippen molar-refractivity contribution in [2.45, 2.75) is 0 Å². The third-order valence-corrected chi connectivity index (χ3v) is 0.408. The monoisotopic (exact) mass is 93.1 g/mol. The first-order valence-corrected chi connectivity index (χ1v) is 1.73. The molecule has 0 rings (SSSR count). The highest BCUT2D eigenvalue weighted by molar-refractivity contribution is 4.27. The van der Waals surface area contributed by atoms with Crippen molar-refractivity contribution in [2.75, 3.05) is 20.3 Å². The zero-order valence-electron chi connectivity index (χ0n) is 3.69. The van der Waals surface area contributed by atoms with Gasteiger partial charge < -0.3 is 5.21 Å². The van der Waals surface area contributed by atoms with Crippen LogP contribution in [0.25, 0.3) is 0 Å². The molecule has 0 bridgehead atoms. The molecule has 0 amide bonds. The van der Waals surface area contributed by atoms with Gasteiger partial charge in [-0.15, -0.1) is 0 Å². The number of hydrogen-bond donors (Lipinski definition) is 1. The first kappa shape index (κ1) is 5.85. The maximum absolute atomic E-state index is 11.0. The lowest BCUT2D eigenvalue weighted by molar-refractivity contribution is -0.0676. The lowest BCUT2D eigenvalue weighted by atomic mass is 10.7. The minimum Gasteiger partial charge on any atom is -0.314 e. The Labute approximate surface area is 36.1 Å². The summed E-state index contributed by atoms with van der Waals surface area (Å²) in [5.41, 5.74) is 0. The summed E-state index contributed by atoms with van der Waals surface area (Å²) in [6, 6.07) is 0. The molecule has 6 heavy (non-hydrogen) atoms. The van der Waals surface area contributed by atoms with Crippen molar-refractivity contribution in [2.24, 2.45) is 0 Å². The molecular weight excluding hydrogens is 85.0 g/mol. The molecule has 0 aromatic rings. The Morgan fingerprint density at radius 3 is 2.33 bits per heavy atom. The van der Waals surface area contributed by atoms with Gasteiger partial charge in [0.25, 0.3) is 0 Å². The van der Waals surface area contributed by atoms with Gasteiger partial charge in [-0.3, -0.25) is 0 Å². The molecule has 0 radical (unpaired) electrons. The van der Waals surface area contributed by atoms with Crippen LogP contribution in [0.4, 0.5) is 4.39 Å². The molecule has 0 heterocycles. The second-order valence-electron chi connectivity index (χ2n) is 1.07. The predicted octanol–water partition coefficient (Wildman–Crippen LogP) is 0.277. The molecule has 0 aliphatic heterocycles. The van der Waals surface area contributed by atoms with Crippen LogP contribution in [0.1, 0.15) is 0 Å². The lowest BCUT2D eigenvalue weighted by Crippen LogP contribution is -2.14. The van der Waals surface area contributed by atoms with Crippen LogP contribution < -0.4 is 0 Å². The van der Waals surface area contributed by atoms with Gasteiger partial charge in [-0.25, -0.2) is 4.39 Å². The summed E-state index contributed by atoms with van der Waals surface area (Å²) in [6.45, 7) is -0.396. The van der Waals surface area contributed by atoms with Crippen LogP contribution in [0, 0.1) is 0 Å². The molecule has 0 aromatic carbocycles. The Bertz CT molecular complexity index is 32.0. The topological polar surface area (TPSA) is 23.5 Å². The SMILES string of the molecule is CN(O)CCF. The molecule has 0 aliphatic rings. The van der Waals surface area contributed by atoms with E-state index in [9.17, 15) is 4.39 Å². The van der Waals surface area contributed by atoms with Crippen LogP contribution in [0.5, 0.6) is 0 Å². The summed E-state index contributed by atoms with van der Waals surface area (Å²) in [4.78, 5) is 0. The molecule has 0 unspecified atom stereocenters. The third-order valence-electron chi connectivity index (χ3n) is 0.408. The number of rotatable bonds is 2. The Balaban J connectivity index is 2.63. The van der Waals surface area contributed by atoms with E-state index < -0.39 is 6.67 Å². The second kappa shape index (κ2) is 3.06. The molecule has 0 saturated carbocycles. The Morgan fingerprint density at radius 2 is 2.33 bits per heavy atom. The molecule has 0 aliphatic carbocycles. The van der Waals surface area contributed by atoms with Crippen molar-refractivity contribution in [1.82, 2.24) is 5.06 Å². The first-order valence-electron chi connectivity index (χ1n) is 1.73. The molecule has 2 nitrogen and oxygen atoms in total. The minimum atomic E-state index is -0.493. The van der Waals surface area contributed by atoms with E-state index in [4.69, 9.17) is 5.21 Å². The van der Waals surface area contributed by atoms with E-state index in [1.54, 1.807) is 0 Å². The van der Waals surface area contributed by atoms with E-state index in [1.807, 2.05) is 0 Å². The average Bonchev–Trinajstić information content (AvgIpc) is 1.35. The molecule has 1 N–H and O–H groups in total. The number of hydroxylamine groups is 2. The van der Waals surface area contributed by atoms with Gasteiger partial charge in [-0.2, -0.15) is 5.06 Å². The lowest BCUT2D eigenvalue weighted by Gasteiger charge is -2.00. The first-order chi connectivity index (χ1) is 2.77. The van der Waals surface area contributed by atoms with Crippen LogP contribution in [0.3, 0.4) is 0 Å². The van der Waals surface area contributed by atoms with E-state index in [0.717, 1.165) is 5.06 Å². The number of hydrogen-bond acceptors (Lipinski definition) is 2. The number of alkyl halides is 1. The van der Waals surface area contributed by atoms with Crippen molar-refractivity contribution in [3.8, 4) is 0 Å². The summed E-state index contributed by atoms with van der Waals surface area (Å²) in [6.07, 6.45) is 0. The second-order valence-corrected chi connectivity index (χ2v) is 1.07. The third kappa shape index (κ3) is 3.85. The Kier molecular flexibility index (Phi) is 2.98. The van der Waals surface area contributed by atoms with E-state index in [-0.39, 0.29) is 6.54 Å². The van der Waals surface area contributed by atoms with Gasteiger partial charge in [-0.1, -0.05) is 0 Å². The highest BCUT2D eigenvalue weighted by Gasteiger charge is 1.84. The fraction of sp³-hybridized carbons (Fsp3) is 1.00. The van der Waals surface area contributed by atoms with Gasteiger partial charge >= 0.3 is 0 Å². The highest BCUT2D eigenvalue weighted by atomic mass is 19.1. The van der Waals surface area contributed by atoms with Gasteiger partial charge in [0.05, 0.1) is 6.54 Å². The number of nitrogens with zero attached hydrogens (tertiary/aromatic N) is 1. The van der Waals surface area contributed by atoms with Crippen molar-refractivity contribution >= 4 is 0 Å². The van der Waals surface area contributed by atoms with Crippen molar-refractivity contribution < 1.29 is 9.60 Å². The fourth-order valence-corrected chi connectivity index (χ4v) is 0.122. The predicted molar refractivity (Wildman–Crippen MR) is 20.4 cm³/mol. The summed E-state index contributed by atoms with van der Waals surface area (Å²) in [5, 5.41) is 8.95. The average molecular weight is 93.1 g/mol. The zero-order chi connectivity index (χ0) is 4.99. The van der Waals surface area contributed by atoms with Crippen LogP contribution in [0.15, 0.2) is 0 Å².